The Balaban J connectivity index is 1.66. The lowest BCUT2D eigenvalue weighted by atomic mass is 10.1. The van der Waals surface area contributed by atoms with Gasteiger partial charge in [0.1, 0.15) is 5.01 Å². The SMILES string of the molecule is NCCc1csc(-c2cccc(COC3CCCC3)c2)n1. The van der Waals surface area contributed by atoms with Gasteiger partial charge in [-0.1, -0.05) is 31.0 Å². The number of rotatable bonds is 6. The first kappa shape index (κ1) is 14.7. The van der Waals surface area contributed by atoms with E-state index in [4.69, 9.17) is 10.5 Å². The molecular weight excluding hydrogens is 280 g/mol. The van der Waals surface area contributed by atoms with Crippen LogP contribution in [0.15, 0.2) is 29.6 Å². The molecule has 1 aromatic carbocycles. The number of hydrogen-bond donors (Lipinski definition) is 1. The highest BCUT2D eigenvalue weighted by atomic mass is 32.1. The van der Waals surface area contributed by atoms with Crippen molar-refractivity contribution in [2.24, 2.45) is 5.73 Å². The van der Waals surface area contributed by atoms with Gasteiger partial charge in [0.25, 0.3) is 0 Å². The quantitative estimate of drug-likeness (QED) is 0.883. The molecule has 112 valence electrons. The van der Waals surface area contributed by atoms with Crippen LogP contribution in [0.1, 0.15) is 36.9 Å². The van der Waals surface area contributed by atoms with E-state index in [2.05, 4.69) is 34.6 Å². The Morgan fingerprint density at radius 3 is 2.95 bits per heavy atom. The standard InChI is InChI=1S/C17H22N2OS/c18-9-8-15-12-21-17(19-15)14-5-3-4-13(10-14)11-20-16-6-1-2-7-16/h3-5,10,12,16H,1-2,6-9,11,18H2. The minimum absolute atomic E-state index is 0.463. The molecule has 0 aliphatic heterocycles. The van der Waals surface area contributed by atoms with E-state index in [-0.39, 0.29) is 0 Å². The van der Waals surface area contributed by atoms with Gasteiger partial charge in [-0.2, -0.15) is 0 Å². The van der Waals surface area contributed by atoms with Crippen LogP contribution in [-0.4, -0.2) is 17.6 Å². The highest BCUT2D eigenvalue weighted by Gasteiger charge is 2.15. The Hall–Kier alpha value is -1.23. The number of hydrogen-bond acceptors (Lipinski definition) is 4. The topological polar surface area (TPSA) is 48.1 Å². The zero-order chi connectivity index (χ0) is 14.5. The maximum atomic E-state index is 5.99. The molecule has 0 unspecified atom stereocenters. The lowest BCUT2D eigenvalue weighted by molar-refractivity contribution is 0.0457. The van der Waals surface area contributed by atoms with Gasteiger partial charge in [0.2, 0.25) is 0 Å². The van der Waals surface area contributed by atoms with Gasteiger partial charge in [0.05, 0.1) is 18.4 Å². The second-order valence-corrected chi connectivity index (χ2v) is 6.46. The molecule has 21 heavy (non-hydrogen) atoms. The number of nitrogens with two attached hydrogens (primary N) is 1. The molecule has 1 fully saturated rings. The monoisotopic (exact) mass is 302 g/mol. The molecular formula is C17H22N2OS. The second-order valence-electron chi connectivity index (χ2n) is 5.60. The Kier molecular flexibility index (Phi) is 5.01. The molecule has 1 saturated carbocycles. The van der Waals surface area contributed by atoms with E-state index >= 15 is 0 Å². The summed E-state index contributed by atoms with van der Waals surface area (Å²) < 4.78 is 5.99. The average molecular weight is 302 g/mol. The van der Waals surface area contributed by atoms with Crippen molar-refractivity contribution in [2.45, 2.75) is 44.8 Å². The van der Waals surface area contributed by atoms with Crippen molar-refractivity contribution in [1.29, 1.82) is 0 Å². The van der Waals surface area contributed by atoms with E-state index in [1.807, 2.05) is 0 Å². The molecule has 2 aromatic rings. The minimum Gasteiger partial charge on any atom is -0.374 e. The molecule has 1 heterocycles. The van der Waals surface area contributed by atoms with Gasteiger partial charge < -0.3 is 10.5 Å². The number of nitrogens with zero attached hydrogens (tertiary/aromatic N) is 1. The zero-order valence-electron chi connectivity index (χ0n) is 12.3. The van der Waals surface area contributed by atoms with Gasteiger partial charge in [-0.25, -0.2) is 4.98 Å². The minimum atomic E-state index is 0.463. The van der Waals surface area contributed by atoms with E-state index in [1.54, 1.807) is 11.3 Å². The van der Waals surface area contributed by atoms with Crippen LogP contribution in [-0.2, 0) is 17.8 Å². The summed E-state index contributed by atoms with van der Waals surface area (Å²) in [5.41, 5.74) is 9.08. The average Bonchev–Trinajstić information content (AvgIpc) is 3.17. The third-order valence-electron chi connectivity index (χ3n) is 3.91. The fourth-order valence-corrected chi connectivity index (χ4v) is 3.62. The molecule has 4 heteroatoms. The van der Waals surface area contributed by atoms with Crippen LogP contribution < -0.4 is 5.73 Å². The Bertz CT molecular complexity index is 576. The van der Waals surface area contributed by atoms with E-state index in [0.717, 1.165) is 17.1 Å². The van der Waals surface area contributed by atoms with Crippen LogP contribution in [0.3, 0.4) is 0 Å². The lowest BCUT2D eigenvalue weighted by Gasteiger charge is -2.11. The fourth-order valence-electron chi connectivity index (χ4n) is 2.77. The summed E-state index contributed by atoms with van der Waals surface area (Å²) in [7, 11) is 0. The van der Waals surface area contributed by atoms with Crippen molar-refractivity contribution in [3.63, 3.8) is 0 Å². The molecule has 1 aromatic heterocycles. The van der Waals surface area contributed by atoms with Crippen LogP contribution in [0.2, 0.25) is 0 Å². The van der Waals surface area contributed by atoms with Crippen molar-refractivity contribution in [3.8, 4) is 10.6 Å². The maximum absolute atomic E-state index is 5.99. The van der Waals surface area contributed by atoms with Crippen LogP contribution in [0.5, 0.6) is 0 Å². The molecule has 1 aliphatic rings. The molecule has 2 N–H and O–H groups in total. The summed E-state index contributed by atoms with van der Waals surface area (Å²) in [4.78, 5) is 4.65. The number of ether oxygens (including phenoxy) is 1. The first-order chi connectivity index (χ1) is 10.3. The van der Waals surface area contributed by atoms with E-state index in [1.165, 1.54) is 36.8 Å². The van der Waals surface area contributed by atoms with Gasteiger partial charge in [0.15, 0.2) is 0 Å². The summed E-state index contributed by atoms with van der Waals surface area (Å²) in [5, 5.41) is 3.17. The smallest absolute Gasteiger partial charge is 0.123 e. The summed E-state index contributed by atoms with van der Waals surface area (Å²) >= 11 is 1.69. The molecule has 0 atom stereocenters. The van der Waals surface area contributed by atoms with Crippen molar-refractivity contribution in [1.82, 2.24) is 4.98 Å². The van der Waals surface area contributed by atoms with Crippen LogP contribution in [0.4, 0.5) is 0 Å². The van der Waals surface area contributed by atoms with Gasteiger partial charge in [-0.3, -0.25) is 0 Å². The van der Waals surface area contributed by atoms with Gasteiger partial charge >= 0.3 is 0 Å². The number of benzene rings is 1. The third kappa shape index (κ3) is 3.90. The first-order valence-corrected chi connectivity index (χ1v) is 8.58. The molecule has 0 radical (unpaired) electrons. The molecule has 0 saturated heterocycles. The van der Waals surface area contributed by atoms with Gasteiger partial charge in [0, 0.05) is 17.4 Å². The molecule has 0 spiro atoms. The van der Waals surface area contributed by atoms with Crippen molar-refractivity contribution < 1.29 is 4.74 Å². The predicted molar refractivity (Wildman–Crippen MR) is 87.4 cm³/mol. The van der Waals surface area contributed by atoms with Gasteiger partial charge in [-0.15, -0.1) is 11.3 Å². The van der Waals surface area contributed by atoms with Gasteiger partial charge in [-0.05, 0) is 31.0 Å². The highest BCUT2D eigenvalue weighted by molar-refractivity contribution is 7.13. The predicted octanol–water partition coefficient (Wildman–Crippen LogP) is 3.77. The molecule has 3 nitrogen and oxygen atoms in total. The molecule has 1 aliphatic carbocycles. The van der Waals surface area contributed by atoms with Crippen LogP contribution in [0, 0.1) is 0 Å². The maximum Gasteiger partial charge on any atom is 0.123 e. The fraction of sp³-hybridized carbons (Fsp3) is 0.471. The molecule has 3 rings (SSSR count). The summed E-state index contributed by atoms with van der Waals surface area (Å²) in [6, 6.07) is 8.53. The number of thiazole rings is 1. The molecule has 0 bridgehead atoms. The van der Waals surface area contributed by atoms with Crippen molar-refractivity contribution >= 4 is 11.3 Å². The van der Waals surface area contributed by atoms with Crippen LogP contribution in [0.25, 0.3) is 10.6 Å². The third-order valence-corrected chi connectivity index (χ3v) is 4.85. The summed E-state index contributed by atoms with van der Waals surface area (Å²) in [6.07, 6.45) is 6.37. The van der Waals surface area contributed by atoms with Crippen LogP contribution >= 0.6 is 11.3 Å². The first-order valence-electron chi connectivity index (χ1n) is 7.70. The summed E-state index contributed by atoms with van der Waals surface area (Å²) in [5.74, 6) is 0. The normalized spacial score (nSPS) is 15.7. The largest absolute Gasteiger partial charge is 0.374 e. The van der Waals surface area contributed by atoms with E-state index in [9.17, 15) is 0 Å². The van der Waals surface area contributed by atoms with Crippen molar-refractivity contribution in [3.05, 3.63) is 40.9 Å². The summed E-state index contributed by atoms with van der Waals surface area (Å²) in [6.45, 7) is 1.36. The molecule has 0 amide bonds. The number of aromatic nitrogens is 1. The van der Waals surface area contributed by atoms with E-state index in [0.29, 0.717) is 19.3 Å². The Morgan fingerprint density at radius 1 is 1.29 bits per heavy atom. The zero-order valence-corrected chi connectivity index (χ0v) is 13.1. The van der Waals surface area contributed by atoms with Crippen molar-refractivity contribution in [2.75, 3.05) is 6.54 Å². The van der Waals surface area contributed by atoms with E-state index < -0.39 is 0 Å². The lowest BCUT2D eigenvalue weighted by Crippen LogP contribution is -2.07. The Labute approximate surface area is 130 Å². The Morgan fingerprint density at radius 2 is 2.14 bits per heavy atom. The second kappa shape index (κ2) is 7.16. The highest BCUT2D eigenvalue weighted by Crippen LogP contribution is 2.26.